The van der Waals surface area contributed by atoms with Crippen LogP contribution < -0.4 is 5.73 Å². The fourth-order valence-corrected chi connectivity index (χ4v) is 2.14. The average molecular weight is 225 g/mol. The largest absolute Gasteiger partial charge is 0.381 e. The van der Waals surface area contributed by atoms with Gasteiger partial charge in [0, 0.05) is 19.6 Å². The first kappa shape index (κ1) is 11.5. The Kier molecular flexibility index (Phi) is 3.56. The number of hydrogen-bond donors (Lipinski definition) is 1. The molecule has 3 unspecified atom stereocenters. The van der Waals surface area contributed by atoms with E-state index in [1.54, 1.807) is 7.11 Å². The predicted molar refractivity (Wildman–Crippen MR) is 59.0 cm³/mol. The molecule has 1 aliphatic rings. The van der Waals surface area contributed by atoms with Gasteiger partial charge in [-0.25, -0.2) is 0 Å². The van der Waals surface area contributed by atoms with Gasteiger partial charge in [0.05, 0.1) is 12.0 Å². The van der Waals surface area contributed by atoms with Crippen LogP contribution >= 0.6 is 0 Å². The van der Waals surface area contributed by atoms with Crippen molar-refractivity contribution in [3.05, 3.63) is 11.7 Å². The van der Waals surface area contributed by atoms with E-state index in [2.05, 4.69) is 10.1 Å². The predicted octanol–water partition coefficient (Wildman–Crippen LogP) is 1.24. The normalized spacial score (nSPS) is 27.2. The molecule has 90 valence electrons. The minimum Gasteiger partial charge on any atom is -0.381 e. The van der Waals surface area contributed by atoms with Crippen LogP contribution in [0.4, 0.5) is 0 Å². The number of rotatable bonds is 4. The van der Waals surface area contributed by atoms with E-state index in [0.29, 0.717) is 18.1 Å². The van der Waals surface area contributed by atoms with Crippen LogP contribution in [0.3, 0.4) is 0 Å². The molecule has 0 amide bonds. The number of nitrogens with zero attached hydrogens (tertiary/aromatic N) is 2. The van der Waals surface area contributed by atoms with E-state index >= 15 is 0 Å². The maximum atomic E-state index is 6.00. The molecule has 0 aromatic carbocycles. The van der Waals surface area contributed by atoms with E-state index in [4.69, 9.17) is 15.0 Å². The van der Waals surface area contributed by atoms with E-state index in [-0.39, 0.29) is 18.1 Å². The zero-order chi connectivity index (χ0) is 11.5. The van der Waals surface area contributed by atoms with Gasteiger partial charge in [-0.2, -0.15) is 4.98 Å². The molecule has 0 aliphatic heterocycles. The molecule has 1 aromatic heterocycles. The van der Waals surface area contributed by atoms with Crippen molar-refractivity contribution < 1.29 is 9.26 Å². The van der Waals surface area contributed by atoms with Gasteiger partial charge in [0.25, 0.3) is 0 Å². The van der Waals surface area contributed by atoms with Crippen molar-refractivity contribution in [2.45, 2.75) is 50.7 Å². The van der Waals surface area contributed by atoms with Gasteiger partial charge in [0.1, 0.15) is 0 Å². The number of methoxy groups -OCH3 is 1. The van der Waals surface area contributed by atoms with Crippen LogP contribution in [-0.4, -0.2) is 29.4 Å². The third kappa shape index (κ3) is 2.41. The molecule has 1 aliphatic carbocycles. The Balaban J connectivity index is 2.01. The van der Waals surface area contributed by atoms with Crippen molar-refractivity contribution in [1.82, 2.24) is 10.1 Å². The van der Waals surface area contributed by atoms with E-state index < -0.39 is 0 Å². The third-order valence-electron chi connectivity index (χ3n) is 3.24. The zero-order valence-corrected chi connectivity index (χ0v) is 9.85. The molecule has 16 heavy (non-hydrogen) atoms. The molecule has 5 nitrogen and oxygen atoms in total. The molecule has 2 N–H and O–H groups in total. The van der Waals surface area contributed by atoms with E-state index in [0.717, 1.165) is 19.3 Å². The van der Waals surface area contributed by atoms with Crippen molar-refractivity contribution >= 4 is 0 Å². The van der Waals surface area contributed by atoms with Crippen molar-refractivity contribution in [2.24, 2.45) is 5.73 Å². The molecule has 0 radical (unpaired) electrons. The van der Waals surface area contributed by atoms with Crippen LogP contribution in [0.2, 0.25) is 0 Å². The lowest BCUT2D eigenvalue weighted by molar-refractivity contribution is 0.116. The Morgan fingerprint density at radius 2 is 2.38 bits per heavy atom. The summed E-state index contributed by atoms with van der Waals surface area (Å²) in [5.74, 6) is 1.66. The van der Waals surface area contributed by atoms with E-state index in [1.807, 2.05) is 6.92 Å². The van der Waals surface area contributed by atoms with Gasteiger partial charge in [-0.05, 0) is 19.8 Å². The Morgan fingerprint density at radius 1 is 1.56 bits per heavy atom. The number of hydrogen-bond acceptors (Lipinski definition) is 5. The Morgan fingerprint density at radius 3 is 3.00 bits per heavy atom. The lowest BCUT2D eigenvalue weighted by atomic mass is 10.1. The Labute approximate surface area is 95.3 Å². The highest BCUT2D eigenvalue weighted by Gasteiger charge is 2.30. The van der Waals surface area contributed by atoms with E-state index in [1.165, 1.54) is 0 Å². The molecule has 3 atom stereocenters. The summed E-state index contributed by atoms with van der Waals surface area (Å²) in [6, 6.07) is 0.174. The molecule has 0 spiro atoms. The zero-order valence-electron chi connectivity index (χ0n) is 9.85. The van der Waals surface area contributed by atoms with Crippen LogP contribution in [0.15, 0.2) is 4.52 Å². The molecule has 1 saturated carbocycles. The van der Waals surface area contributed by atoms with Gasteiger partial charge in [-0.3, -0.25) is 0 Å². The fraction of sp³-hybridized carbons (Fsp3) is 0.818. The summed E-state index contributed by atoms with van der Waals surface area (Å²) in [6.07, 6.45) is 4.06. The molecule has 2 rings (SSSR count). The van der Waals surface area contributed by atoms with Crippen LogP contribution in [0.1, 0.15) is 43.8 Å². The number of nitrogens with two attached hydrogens (primary N) is 1. The summed E-state index contributed by atoms with van der Waals surface area (Å²) in [4.78, 5) is 4.39. The maximum absolute atomic E-state index is 6.00. The molecule has 1 fully saturated rings. The lowest BCUT2D eigenvalue weighted by Gasteiger charge is -2.09. The molecule has 1 aromatic rings. The van der Waals surface area contributed by atoms with Gasteiger partial charge >= 0.3 is 0 Å². The SMILES string of the molecule is COC(C)Cc1noc(C2CCCC2N)n1. The Bertz CT molecular complexity index is 340. The quantitative estimate of drug-likeness (QED) is 0.834. The van der Waals surface area contributed by atoms with Crippen molar-refractivity contribution in [1.29, 1.82) is 0 Å². The second-order valence-corrected chi connectivity index (χ2v) is 4.50. The average Bonchev–Trinajstić information content (AvgIpc) is 2.86. The molecule has 0 saturated heterocycles. The third-order valence-corrected chi connectivity index (χ3v) is 3.24. The first-order chi connectivity index (χ1) is 7.70. The van der Waals surface area contributed by atoms with Gasteiger partial charge in [0.2, 0.25) is 5.89 Å². The smallest absolute Gasteiger partial charge is 0.231 e. The molecular weight excluding hydrogens is 206 g/mol. The molecule has 0 bridgehead atoms. The van der Waals surface area contributed by atoms with Gasteiger partial charge in [0.15, 0.2) is 5.82 Å². The standard InChI is InChI=1S/C11H19N3O2/c1-7(15-2)6-10-13-11(16-14-10)8-4-3-5-9(8)12/h7-9H,3-6,12H2,1-2H3. The first-order valence-corrected chi connectivity index (χ1v) is 5.81. The monoisotopic (exact) mass is 225 g/mol. The van der Waals surface area contributed by atoms with Crippen LogP contribution in [0, 0.1) is 0 Å². The van der Waals surface area contributed by atoms with Crippen molar-refractivity contribution in [2.75, 3.05) is 7.11 Å². The lowest BCUT2D eigenvalue weighted by Crippen LogP contribution is -2.23. The Hall–Kier alpha value is -0.940. The van der Waals surface area contributed by atoms with Gasteiger partial charge in [-0.15, -0.1) is 0 Å². The van der Waals surface area contributed by atoms with Crippen LogP contribution in [-0.2, 0) is 11.2 Å². The highest BCUT2D eigenvalue weighted by atomic mass is 16.5. The number of ether oxygens (including phenoxy) is 1. The summed E-state index contributed by atoms with van der Waals surface area (Å²) in [7, 11) is 1.68. The maximum Gasteiger partial charge on any atom is 0.231 e. The second kappa shape index (κ2) is 4.93. The van der Waals surface area contributed by atoms with Gasteiger partial charge < -0.3 is 15.0 Å². The summed E-state index contributed by atoms with van der Waals surface area (Å²) < 4.78 is 10.4. The highest BCUT2D eigenvalue weighted by molar-refractivity contribution is 5.02. The minimum atomic E-state index is 0.114. The molecule has 1 heterocycles. The second-order valence-electron chi connectivity index (χ2n) is 4.50. The highest BCUT2D eigenvalue weighted by Crippen LogP contribution is 2.32. The number of aromatic nitrogens is 2. The summed E-state index contributed by atoms with van der Waals surface area (Å²) in [5, 5.41) is 3.96. The minimum absolute atomic E-state index is 0.114. The molecular formula is C11H19N3O2. The summed E-state index contributed by atoms with van der Waals surface area (Å²) in [6.45, 7) is 1.98. The van der Waals surface area contributed by atoms with E-state index in [9.17, 15) is 0 Å². The molecule has 5 heteroatoms. The van der Waals surface area contributed by atoms with Crippen LogP contribution in [0.5, 0.6) is 0 Å². The van der Waals surface area contributed by atoms with Gasteiger partial charge in [-0.1, -0.05) is 11.6 Å². The van der Waals surface area contributed by atoms with Crippen molar-refractivity contribution in [3.8, 4) is 0 Å². The van der Waals surface area contributed by atoms with Crippen LogP contribution in [0.25, 0.3) is 0 Å². The first-order valence-electron chi connectivity index (χ1n) is 5.81. The summed E-state index contributed by atoms with van der Waals surface area (Å²) >= 11 is 0. The summed E-state index contributed by atoms with van der Waals surface area (Å²) in [5.41, 5.74) is 6.00. The van der Waals surface area contributed by atoms with Crippen molar-refractivity contribution in [3.63, 3.8) is 0 Å². The topological polar surface area (TPSA) is 74.2 Å². The fourth-order valence-electron chi connectivity index (χ4n) is 2.14.